The summed E-state index contributed by atoms with van der Waals surface area (Å²) in [4.78, 5) is 19.8. The Morgan fingerprint density at radius 2 is 1.34 bits per heavy atom. The molecule has 6 aromatic rings. The molecule has 0 bridgehead atoms. The lowest BCUT2D eigenvalue weighted by Crippen LogP contribution is -2.39. The predicted octanol–water partition coefficient (Wildman–Crippen LogP) is 9.71. The Morgan fingerprint density at radius 3 is 1.83 bits per heavy atom. The number of hydrogen-bond acceptors (Lipinski definition) is 9. The van der Waals surface area contributed by atoms with E-state index in [0.717, 1.165) is 38.9 Å². The quantitative estimate of drug-likeness (QED) is 0.0455. The zero-order valence-corrected chi connectivity index (χ0v) is 34.1. The van der Waals surface area contributed by atoms with Gasteiger partial charge in [0.2, 0.25) is 0 Å². The van der Waals surface area contributed by atoms with Crippen molar-refractivity contribution in [2.75, 3.05) is 13.7 Å². The van der Waals surface area contributed by atoms with Gasteiger partial charge in [0.05, 0.1) is 19.4 Å². The average Bonchev–Trinajstić information content (AvgIpc) is 3.74. The number of amides is 1. The zero-order valence-electron chi connectivity index (χ0n) is 34.1. The van der Waals surface area contributed by atoms with Gasteiger partial charge in [0.25, 0.3) is 0 Å². The van der Waals surface area contributed by atoms with Gasteiger partial charge in [-0.1, -0.05) is 153 Å². The van der Waals surface area contributed by atoms with Gasteiger partial charge in [0, 0.05) is 12.0 Å². The van der Waals surface area contributed by atoms with Crippen LogP contribution in [-0.2, 0) is 21.6 Å². The van der Waals surface area contributed by atoms with E-state index in [-0.39, 0.29) is 30.4 Å². The molecule has 0 aliphatic rings. The maximum Gasteiger partial charge on any atom is 0.415 e. The van der Waals surface area contributed by atoms with Crippen LogP contribution in [-0.4, -0.2) is 66.6 Å². The van der Waals surface area contributed by atoms with Crippen molar-refractivity contribution in [1.29, 1.82) is 0 Å². The number of nitrogens with zero attached hydrogens (tertiary/aromatic N) is 6. The molecule has 2 N–H and O–H groups in total. The van der Waals surface area contributed by atoms with E-state index in [9.17, 15) is 15.0 Å². The first kappa shape index (κ1) is 41.8. The molecule has 302 valence electrons. The predicted molar refractivity (Wildman–Crippen MR) is 230 cm³/mol. The molecule has 1 amide bonds. The maximum absolute atomic E-state index is 13.8. The second-order valence-corrected chi connectivity index (χ2v) is 14.6. The Bertz CT molecular complexity index is 2300. The fraction of sp³-hybridized carbons (Fsp3) is 0.229. The molecule has 0 aliphatic carbocycles. The fourth-order valence-electron chi connectivity index (χ4n) is 6.93. The third-order valence-corrected chi connectivity index (χ3v) is 10.1. The lowest BCUT2D eigenvalue weighted by molar-refractivity contribution is 0.105. The van der Waals surface area contributed by atoms with Crippen molar-refractivity contribution >= 4 is 11.9 Å². The maximum atomic E-state index is 13.8. The number of aromatic nitrogens is 4. The van der Waals surface area contributed by atoms with Crippen LogP contribution in [0.2, 0.25) is 0 Å². The molecule has 1 aromatic heterocycles. The highest BCUT2D eigenvalue weighted by molar-refractivity contribution is 5.96. The standard InChI is InChI=1S/C48H50N6O5/c1-7-19-44(49-35(3)47(4,5)57)53(46(56)59-33-43(58-6)34(2)55)32-36-28-30-37(31-29-36)41-26-17-18-27-42(41)45-50-51-52-54(45)48(38-20-11-8-12-21-38,39-22-13-9-14-23-39)40-24-15-10-16-25-40/h8-18,20-31,55,57H,3,7,19,32-33H2,1-2,4-6H3/b43-34-,49-44?. The zero-order chi connectivity index (χ0) is 42.0. The first-order valence-electron chi connectivity index (χ1n) is 19.5. The van der Waals surface area contributed by atoms with Crippen LogP contribution in [0.3, 0.4) is 0 Å². The summed E-state index contributed by atoms with van der Waals surface area (Å²) in [5, 5.41) is 34.4. The average molecular weight is 791 g/mol. The van der Waals surface area contributed by atoms with Crippen LogP contribution >= 0.6 is 0 Å². The van der Waals surface area contributed by atoms with Gasteiger partial charge < -0.3 is 19.7 Å². The Balaban J connectivity index is 1.42. The van der Waals surface area contributed by atoms with Crippen LogP contribution in [0, 0.1) is 0 Å². The number of methoxy groups -OCH3 is 1. The number of benzene rings is 5. The molecule has 11 heteroatoms. The van der Waals surface area contributed by atoms with Crippen molar-refractivity contribution in [3.05, 3.63) is 186 Å². The van der Waals surface area contributed by atoms with Crippen molar-refractivity contribution in [2.24, 2.45) is 4.99 Å². The lowest BCUT2D eigenvalue weighted by Gasteiger charge is -2.36. The number of amidine groups is 1. The Morgan fingerprint density at radius 1 is 0.814 bits per heavy atom. The van der Waals surface area contributed by atoms with Crippen molar-refractivity contribution in [3.8, 4) is 22.5 Å². The van der Waals surface area contributed by atoms with E-state index in [4.69, 9.17) is 19.8 Å². The van der Waals surface area contributed by atoms with Crippen molar-refractivity contribution in [3.63, 3.8) is 0 Å². The molecule has 0 radical (unpaired) electrons. The summed E-state index contributed by atoms with van der Waals surface area (Å²) in [6.45, 7) is 10.4. The van der Waals surface area contributed by atoms with Crippen LogP contribution in [0.1, 0.15) is 62.8 Å². The van der Waals surface area contributed by atoms with Gasteiger partial charge in [-0.2, -0.15) is 0 Å². The van der Waals surface area contributed by atoms with E-state index in [1.54, 1.807) is 13.8 Å². The summed E-state index contributed by atoms with van der Waals surface area (Å²) in [7, 11) is 1.39. The molecule has 0 saturated carbocycles. The molecule has 1 heterocycles. The van der Waals surface area contributed by atoms with Gasteiger partial charge in [-0.05, 0) is 71.0 Å². The number of hydrogen-bond donors (Lipinski definition) is 2. The highest BCUT2D eigenvalue weighted by Crippen LogP contribution is 2.43. The SMILES string of the molecule is C=C(N=C(CCC)N(Cc1ccc(-c2ccccc2-c2nnnn2C(c2ccccc2)(c2ccccc2)c2ccccc2)cc1)C(=O)OC/C(OC)=C(\C)O)C(C)(C)O. The number of carbonyl (C=O) groups is 1. The van der Waals surface area contributed by atoms with Crippen molar-refractivity contribution < 1.29 is 24.5 Å². The molecule has 0 aliphatic heterocycles. The normalized spacial score (nSPS) is 12.4. The highest BCUT2D eigenvalue weighted by atomic mass is 16.6. The second-order valence-electron chi connectivity index (χ2n) is 14.6. The Kier molecular flexibility index (Phi) is 13.2. The molecular formula is C48H50N6O5. The molecule has 0 unspecified atom stereocenters. The van der Waals surface area contributed by atoms with Crippen LogP contribution in [0.25, 0.3) is 22.5 Å². The topological polar surface area (TPSA) is 135 Å². The number of aliphatic hydroxyl groups is 2. The third kappa shape index (κ3) is 9.16. The first-order valence-corrected chi connectivity index (χ1v) is 19.5. The summed E-state index contributed by atoms with van der Waals surface area (Å²) < 4.78 is 12.7. The molecule has 59 heavy (non-hydrogen) atoms. The molecule has 11 nitrogen and oxygen atoms in total. The number of allylic oxidation sites excluding steroid dienone is 1. The summed E-state index contributed by atoms with van der Waals surface area (Å²) >= 11 is 0. The second kappa shape index (κ2) is 18.6. The minimum absolute atomic E-state index is 0.0968. The fourth-order valence-corrected chi connectivity index (χ4v) is 6.93. The molecule has 0 spiro atoms. The molecular weight excluding hydrogens is 741 g/mol. The van der Waals surface area contributed by atoms with Gasteiger partial charge in [-0.15, -0.1) is 5.10 Å². The Labute approximate surface area is 345 Å². The van der Waals surface area contributed by atoms with Crippen molar-refractivity contribution in [2.45, 2.75) is 58.2 Å². The van der Waals surface area contributed by atoms with Gasteiger partial charge in [0.15, 0.2) is 18.2 Å². The van der Waals surface area contributed by atoms with Crippen LogP contribution in [0.4, 0.5) is 4.79 Å². The van der Waals surface area contributed by atoms with Crippen LogP contribution in [0.5, 0.6) is 0 Å². The minimum atomic E-state index is -1.31. The summed E-state index contributed by atoms with van der Waals surface area (Å²) in [5.41, 5.74) is 4.37. The van der Waals surface area contributed by atoms with Gasteiger partial charge in [-0.3, -0.25) is 4.90 Å². The Hall–Kier alpha value is -6.85. The molecule has 0 fully saturated rings. The minimum Gasteiger partial charge on any atom is -0.509 e. The van der Waals surface area contributed by atoms with Gasteiger partial charge >= 0.3 is 6.09 Å². The molecule has 0 saturated heterocycles. The lowest BCUT2D eigenvalue weighted by atomic mass is 9.77. The number of tetrazole rings is 1. The number of aliphatic imine (C=N–C) groups is 1. The van der Waals surface area contributed by atoms with Crippen LogP contribution in [0.15, 0.2) is 168 Å². The number of ether oxygens (including phenoxy) is 2. The van der Waals surface area contributed by atoms with Gasteiger partial charge in [0.1, 0.15) is 22.7 Å². The number of carbonyl (C=O) groups excluding carboxylic acids is 1. The smallest absolute Gasteiger partial charge is 0.415 e. The summed E-state index contributed by atoms with van der Waals surface area (Å²) in [6, 6.07) is 46.7. The van der Waals surface area contributed by atoms with E-state index in [0.29, 0.717) is 24.5 Å². The largest absolute Gasteiger partial charge is 0.509 e. The van der Waals surface area contributed by atoms with Crippen molar-refractivity contribution in [1.82, 2.24) is 25.1 Å². The summed E-state index contributed by atoms with van der Waals surface area (Å²) in [5.74, 6) is 0.981. The van der Waals surface area contributed by atoms with E-state index >= 15 is 0 Å². The van der Waals surface area contributed by atoms with E-state index < -0.39 is 17.2 Å². The third-order valence-electron chi connectivity index (χ3n) is 10.1. The highest BCUT2D eigenvalue weighted by Gasteiger charge is 2.42. The summed E-state index contributed by atoms with van der Waals surface area (Å²) in [6.07, 6.45) is 0.375. The first-order chi connectivity index (χ1) is 28.5. The van der Waals surface area contributed by atoms with Crippen LogP contribution < -0.4 is 0 Å². The monoisotopic (exact) mass is 790 g/mol. The van der Waals surface area contributed by atoms with Gasteiger partial charge in [-0.25, -0.2) is 14.5 Å². The van der Waals surface area contributed by atoms with E-state index in [2.05, 4.69) is 53.2 Å². The number of aliphatic hydroxyl groups excluding tert-OH is 1. The molecule has 6 rings (SSSR count). The molecule has 0 atom stereocenters. The van der Waals surface area contributed by atoms with E-state index in [1.165, 1.54) is 18.9 Å². The van der Waals surface area contributed by atoms with E-state index in [1.807, 2.05) is 115 Å². The molecule has 5 aromatic carbocycles. The number of rotatable bonds is 15.